The Bertz CT molecular complexity index is 663. The minimum Gasteiger partial charge on any atom is -0.207 e. The summed E-state index contributed by atoms with van der Waals surface area (Å²) in [5.41, 5.74) is 2.61. The van der Waals surface area contributed by atoms with E-state index in [0.717, 1.165) is 11.1 Å². The molecule has 0 N–H and O–H groups in total. The van der Waals surface area contributed by atoms with E-state index < -0.39 is 5.82 Å². The number of halogens is 1. The van der Waals surface area contributed by atoms with Crippen molar-refractivity contribution >= 4 is 0 Å². The molecular weight excluding hydrogens is 227 g/mol. The molecule has 0 bridgehead atoms. The summed E-state index contributed by atoms with van der Waals surface area (Å²) >= 11 is 0. The van der Waals surface area contributed by atoms with E-state index in [0.29, 0.717) is 12.0 Å². The van der Waals surface area contributed by atoms with Crippen LogP contribution >= 0.6 is 0 Å². The van der Waals surface area contributed by atoms with E-state index in [1.807, 2.05) is 30.3 Å². The Labute approximate surface area is 105 Å². The Morgan fingerprint density at radius 3 is 2.56 bits per heavy atom. The second-order valence-electron chi connectivity index (χ2n) is 3.88. The number of nitrogens with zero attached hydrogens (tertiary/aromatic N) is 2. The highest BCUT2D eigenvalue weighted by Crippen LogP contribution is 2.23. The molecule has 0 aromatic heterocycles. The lowest BCUT2D eigenvalue weighted by atomic mass is 10.0. The van der Waals surface area contributed by atoms with E-state index in [2.05, 4.69) is 6.07 Å². The Kier molecular flexibility index (Phi) is 3.36. The van der Waals surface area contributed by atoms with Crippen LogP contribution in [0.15, 0.2) is 42.5 Å². The highest BCUT2D eigenvalue weighted by Gasteiger charge is 2.04. The number of hydrogen-bond acceptors (Lipinski definition) is 2. The van der Waals surface area contributed by atoms with Crippen LogP contribution in [0.4, 0.5) is 4.39 Å². The molecule has 18 heavy (non-hydrogen) atoms. The predicted molar refractivity (Wildman–Crippen MR) is 65.9 cm³/mol. The van der Waals surface area contributed by atoms with E-state index in [1.165, 1.54) is 12.1 Å². The maximum Gasteiger partial charge on any atom is 0.125 e. The summed E-state index contributed by atoms with van der Waals surface area (Å²) in [6.45, 7) is 0. The molecule has 0 radical (unpaired) electrons. The zero-order valence-electron chi connectivity index (χ0n) is 9.52. The Morgan fingerprint density at radius 1 is 1.00 bits per heavy atom. The van der Waals surface area contributed by atoms with E-state index in [9.17, 15) is 4.39 Å². The molecule has 0 unspecified atom stereocenters. The lowest BCUT2D eigenvalue weighted by Gasteiger charge is -2.04. The van der Waals surface area contributed by atoms with Gasteiger partial charge in [-0.15, -0.1) is 0 Å². The molecule has 0 spiro atoms. The van der Waals surface area contributed by atoms with Gasteiger partial charge < -0.3 is 0 Å². The van der Waals surface area contributed by atoms with Crippen molar-refractivity contribution in [1.29, 1.82) is 10.5 Å². The van der Waals surface area contributed by atoms with E-state index >= 15 is 0 Å². The molecule has 0 saturated carbocycles. The summed E-state index contributed by atoms with van der Waals surface area (Å²) in [5, 5.41) is 17.5. The average molecular weight is 236 g/mol. The summed E-state index contributed by atoms with van der Waals surface area (Å²) in [4.78, 5) is 0. The standard InChI is InChI=1S/C15H9FN2/c16-15-8-12(10-18)7-14(9-15)13-3-1-2-11(6-13)4-5-17/h1-3,6-9H,4H2. The fraction of sp³-hybridized carbons (Fsp3) is 0.0667. The van der Waals surface area contributed by atoms with E-state index in [-0.39, 0.29) is 5.56 Å². The number of hydrogen-bond donors (Lipinski definition) is 0. The quantitative estimate of drug-likeness (QED) is 0.801. The predicted octanol–water partition coefficient (Wildman–Crippen LogP) is 3.43. The normalized spacial score (nSPS) is 9.50. The first-order valence-electron chi connectivity index (χ1n) is 5.40. The van der Waals surface area contributed by atoms with Gasteiger partial charge in [-0.25, -0.2) is 4.39 Å². The second kappa shape index (κ2) is 5.12. The fourth-order valence-electron chi connectivity index (χ4n) is 1.77. The molecule has 2 rings (SSSR count). The summed E-state index contributed by atoms with van der Waals surface area (Å²) < 4.78 is 13.3. The van der Waals surface area contributed by atoms with Crippen molar-refractivity contribution in [3.05, 3.63) is 59.4 Å². The van der Waals surface area contributed by atoms with Gasteiger partial charge in [0.05, 0.1) is 24.1 Å². The topological polar surface area (TPSA) is 47.6 Å². The summed E-state index contributed by atoms with van der Waals surface area (Å²) in [6.07, 6.45) is 0.314. The Balaban J connectivity index is 2.49. The number of nitriles is 2. The lowest BCUT2D eigenvalue weighted by molar-refractivity contribution is 0.628. The first-order chi connectivity index (χ1) is 8.72. The van der Waals surface area contributed by atoms with Gasteiger partial charge >= 0.3 is 0 Å². The zero-order chi connectivity index (χ0) is 13.0. The third-order valence-corrected chi connectivity index (χ3v) is 2.57. The highest BCUT2D eigenvalue weighted by atomic mass is 19.1. The molecule has 2 nitrogen and oxygen atoms in total. The van der Waals surface area contributed by atoms with Gasteiger partial charge in [-0.3, -0.25) is 0 Å². The summed E-state index contributed by atoms with van der Waals surface area (Å²) in [5.74, 6) is -0.435. The molecule has 0 aliphatic carbocycles. The van der Waals surface area contributed by atoms with Crippen molar-refractivity contribution < 1.29 is 4.39 Å². The maximum atomic E-state index is 13.3. The third-order valence-electron chi connectivity index (χ3n) is 2.57. The molecule has 0 fully saturated rings. The van der Waals surface area contributed by atoms with Crippen LogP contribution in [-0.2, 0) is 6.42 Å². The van der Waals surface area contributed by atoms with Crippen LogP contribution in [0.5, 0.6) is 0 Å². The maximum absolute atomic E-state index is 13.3. The van der Waals surface area contributed by atoms with Gasteiger partial charge in [-0.05, 0) is 34.9 Å². The van der Waals surface area contributed by atoms with Gasteiger partial charge in [0, 0.05) is 0 Å². The first-order valence-corrected chi connectivity index (χ1v) is 5.40. The number of benzene rings is 2. The molecule has 3 heteroatoms. The van der Waals surface area contributed by atoms with Crippen LogP contribution in [0.1, 0.15) is 11.1 Å². The van der Waals surface area contributed by atoms with Crippen molar-refractivity contribution in [2.24, 2.45) is 0 Å². The third kappa shape index (κ3) is 2.53. The average Bonchev–Trinajstić information content (AvgIpc) is 2.39. The molecular formula is C15H9FN2. The molecule has 0 atom stereocenters. The van der Waals surface area contributed by atoms with Gasteiger partial charge in [0.2, 0.25) is 0 Å². The van der Waals surface area contributed by atoms with Gasteiger partial charge in [-0.2, -0.15) is 10.5 Å². The van der Waals surface area contributed by atoms with E-state index in [4.69, 9.17) is 10.5 Å². The SMILES string of the molecule is N#CCc1cccc(-c2cc(F)cc(C#N)c2)c1. The van der Waals surface area contributed by atoms with Crippen LogP contribution in [0, 0.1) is 28.5 Å². The number of rotatable bonds is 2. The second-order valence-corrected chi connectivity index (χ2v) is 3.88. The first kappa shape index (κ1) is 11.8. The molecule has 86 valence electrons. The minimum atomic E-state index is -0.435. The van der Waals surface area contributed by atoms with Gasteiger partial charge in [0.15, 0.2) is 0 Å². The highest BCUT2D eigenvalue weighted by molar-refractivity contribution is 5.66. The molecule has 0 aliphatic heterocycles. The van der Waals surface area contributed by atoms with Gasteiger partial charge in [0.1, 0.15) is 5.82 Å². The van der Waals surface area contributed by atoms with Crippen molar-refractivity contribution in [2.45, 2.75) is 6.42 Å². The Hall–Kier alpha value is -2.65. The smallest absolute Gasteiger partial charge is 0.125 e. The molecule has 0 aliphatic rings. The van der Waals surface area contributed by atoms with Crippen LogP contribution < -0.4 is 0 Å². The molecule has 2 aromatic carbocycles. The lowest BCUT2D eigenvalue weighted by Crippen LogP contribution is -1.86. The van der Waals surface area contributed by atoms with Crippen LogP contribution in [0.2, 0.25) is 0 Å². The van der Waals surface area contributed by atoms with Gasteiger partial charge in [-0.1, -0.05) is 24.3 Å². The summed E-state index contributed by atoms with van der Waals surface area (Å²) in [6, 6.07) is 15.5. The van der Waals surface area contributed by atoms with Gasteiger partial charge in [0.25, 0.3) is 0 Å². The van der Waals surface area contributed by atoms with Crippen molar-refractivity contribution in [1.82, 2.24) is 0 Å². The van der Waals surface area contributed by atoms with Crippen molar-refractivity contribution in [3.63, 3.8) is 0 Å². The van der Waals surface area contributed by atoms with Crippen LogP contribution in [0.25, 0.3) is 11.1 Å². The Morgan fingerprint density at radius 2 is 1.83 bits per heavy atom. The van der Waals surface area contributed by atoms with Crippen molar-refractivity contribution in [2.75, 3.05) is 0 Å². The molecule has 0 heterocycles. The fourth-order valence-corrected chi connectivity index (χ4v) is 1.77. The largest absolute Gasteiger partial charge is 0.207 e. The molecule has 0 saturated heterocycles. The zero-order valence-corrected chi connectivity index (χ0v) is 9.52. The monoisotopic (exact) mass is 236 g/mol. The molecule has 2 aromatic rings. The summed E-state index contributed by atoms with van der Waals surface area (Å²) in [7, 11) is 0. The van der Waals surface area contributed by atoms with Crippen LogP contribution in [0.3, 0.4) is 0 Å². The van der Waals surface area contributed by atoms with Crippen LogP contribution in [-0.4, -0.2) is 0 Å². The van der Waals surface area contributed by atoms with E-state index in [1.54, 1.807) is 6.07 Å². The molecule has 0 amide bonds. The minimum absolute atomic E-state index is 0.288. The van der Waals surface area contributed by atoms with Crippen molar-refractivity contribution in [3.8, 4) is 23.3 Å².